The molecule has 164 valence electrons. The fraction of sp³-hybridized carbons (Fsp3) is 0.438. The number of ether oxygens (including phenoxy) is 1. The van der Waals surface area contributed by atoms with Crippen LogP contribution in [-0.4, -0.2) is 81.3 Å². The highest BCUT2D eigenvalue weighted by molar-refractivity contribution is 7.80. The lowest BCUT2D eigenvalue weighted by atomic mass is 10.0. The number of aliphatic hydroxyl groups is 4. The van der Waals surface area contributed by atoms with Crippen molar-refractivity contribution in [3.63, 3.8) is 0 Å². The van der Waals surface area contributed by atoms with E-state index in [1.54, 1.807) is 0 Å². The van der Waals surface area contributed by atoms with E-state index >= 15 is 0 Å². The Kier molecular flexibility index (Phi) is 7.09. The van der Waals surface area contributed by atoms with Crippen molar-refractivity contribution in [3.05, 3.63) is 41.7 Å². The highest BCUT2D eigenvalue weighted by Crippen LogP contribution is 2.31. The number of carbonyl (C=O) groups is 1. The Balaban J connectivity index is 1.62. The number of nitrogens with one attached hydrogen (secondary N) is 2. The molecule has 1 aliphatic heterocycles. The molecule has 1 aromatic heterocycles. The first-order chi connectivity index (χ1) is 14.3. The van der Waals surface area contributed by atoms with Gasteiger partial charge in [-0.15, -0.1) is 5.10 Å². The lowest BCUT2D eigenvalue weighted by Gasteiger charge is -2.22. The molecule has 0 aliphatic carbocycles. The summed E-state index contributed by atoms with van der Waals surface area (Å²) in [5.41, 5.74) is 0.926. The van der Waals surface area contributed by atoms with Crippen molar-refractivity contribution < 1.29 is 38.7 Å². The number of anilines is 1. The van der Waals surface area contributed by atoms with Crippen LogP contribution < -0.4 is 10.0 Å². The summed E-state index contributed by atoms with van der Waals surface area (Å²) in [4.78, 5) is 12.2. The summed E-state index contributed by atoms with van der Waals surface area (Å²) < 4.78 is 29.6. The van der Waals surface area contributed by atoms with Crippen LogP contribution in [0.2, 0.25) is 0 Å². The minimum Gasteiger partial charge on any atom is -0.755 e. The van der Waals surface area contributed by atoms with E-state index in [9.17, 15) is 28.9 Å². The molecule has 6 N–H and O–H groups in total. The fourth-order valence-electron chi connectivity index (χ4n) is 3.01. The second kappa shape index (κ2) is 9.57. The molecular formula is C16H20N5O8S-. The average Bonchev–Trinajstić information content (AvgIpc) is 3.30. The minimum atomic E-state index is -2.46. The van der Waals surface area contributed by atoms with Gasteiger partial charge in [0.15, 0.2) is 6.29 Å². The molecule has 1 fully saturated rings. The Morgan fingerprint density at radius 2 is 2.03 bits per heavy atom. The predicted molar refractivity (Wildman–Crippen MR) is 99.2 cm³/mol. The van der Waals surface area contributed by atoms with E-state index < -0.39 is 54.4 Å². The van der Waals surface area contributed by atoms with E-state index in [1.807, 2.05) is 0 Å². The van der Waals surface area contributed by atoms with Crippen molar-refractivity contribution in [2.75, 3.05) is 11.3 Å². The summed E-state index contributed by atoms with van der Waals surface area (Å²) in [6.45, 7) is -0.653. The van der Waals surface area contributed by atoms with Crippen LogP contribution in [0.25, 0.3) is 0 Å². The third-order valence-corrected chi connectivity index (χ3v) is 4.89. The molecule has 2 heterocycles. The summed E-state index contributed by atoms with van der Waals surface area (Å²) in [7, 11) is 0. The molecule has 1 aliphatic rings. The van der Waals surface area contributed by atoms with E-state index in [4.69, 9.17) is 9.84 Å². The normalized spacial score (nSPS) is 25.6. The monoisotopic (exact) mass is 442 g/mol. The van der Waals surface area contributed by atoms with Gasteiger partial charge in [-0.2, -0.15) is 0 Å². The summed E-state index contributed by atoms with van der Waals surface area (Å²) in [5, 5.41) is 49.1. The number of aromatic nitrogens is 3. The van der Waals surface area contributed by atoms with E-state index in [-0.39, 0.29) is 6.54 Å². The first kappa shape index (κ1) is 22.2. The number of amides is 1. The van der Waals surface area contributed by atoms with Crippen molar-refractivity contribution in [1.82, 2.24) is 20.3 Å². The molecule has 0 bridgehead atoms. The summed E-state index contributed by atoms with van der Waals surface area (Å²) in [6, 6.07) is 4.75. The van der Waals surface area contributed by atoms with Gasteiger partial charge in [0.25, 0.3) is 5.91 Å². The third-order valence-electron chi connectivity index (χ3n) is 4.48. The maximum absolute atomic E-state index is 12.2. The minimum absolute atomic E-state index is 0.0111. The third kappa shape index (κ3) is 4.99. The molecule has 1 aromatic carbocycles. The predicted octanol–water partition coefficient (Wildman–Crippen LogP) is -2.61. The van der Waals surface area contributed by atoms with Crippen LogP contribution in [-0.2, 0) is 22.5 Å². The molecule has 1 saturated heterocycles. The lowest BCUT2D eigenvalue weighted by Crippen LogP contribution is -2.38. The zero-order valence-corrected chi connectivity index (χ0v) is 16.2. The number of rotatable bonds is 8. The van der Waals surface area contributed by atoms with Crippen LogP contribution >= 0.6 is 0 Å². The molecule has 1 amide bonds. The molecule has 0 spiro atoms. The highest BCUT2D eigenvalue weighted by atomic mass is 32.2. The van der Waals surface area contributed by atoms with E-state index in [1.165, 1.54) is 35.1 Å². The molecule has 14 heteroatoms. The van der Waals surface area contributed by atoms with Crippen LogP contribution in [0, 0.1) is 0 Å². The molecule has 0 saturated carbocycles. The van der Waals surface area contributed by atoms with Gasteiger partial charge in [-0.3, -0.25) is 9.00 Å². The van der Waals surface area contributed by atoms with Gasteiger partial charge >= 0.3 is 0 Å². The second-order valence-electron chi connectivity index (χ2n) is 6.51. The van der Waals surface area contributed by atoms with Gasteiger partial charge in [0.05, 0.1) is 19.3 Å². The summed E-state index contributed by atoms with van der Waals surface area (Å²) in [5.74, 6) is -0.437. The maximum Gasteiger partial charge on any atom is 0.251 e. The Hall–Kier alpha value is -2.46. The fourth-order valence-corrected chi connectivity index (χ4v) is 3.34. The Bertz CT molecular complexity index is 894. The zero-order chi connectivity index (χ0) is 21.8. The Morgan fingerprint density at radius 1 is 1.33 bits per heavy atom. The molecule has 6 atom stereocenters. The standard InChI is InChI=1S/C16H21N5O8S/c22-7-11(23)14-12(13(24)16(26)29-14)21-6-10(18-20-21)5-17-15(25)8-1-3-9(4-2-8)19-30(27)28/h1-4,6,11-14,16,19,22-24,26H,5,7H2,(H,17,25)(H,27,28)/p-1. The van der Waals surface area contributed by atoms with Crippen molar-refractivity contribution in [2.45, 2.75) is 37.2 Å². The Morgan fingerprint density at radius 3 is 2.67 bits per heavy atom. The van der Waals surface area contributed by atoms with Crippen molar-refractivity contribution in [1.29, 1.82) is 0 Å². The molecular weight excluding hydrogens is 422 g/mol. The zero-order valence-electron chi connectivity index (χ0n) is 15.4. The van der Waals surface area contributed by atoms with Gasteiger partial charge in [-0.05, 0) is 24.3 Å². The largest absolute Gasteiger partial charge is 0.755 e. The van der Waals surface area contributed by atoms with Gasteiger partial charge in [0, 0.05) is 22.5 Å². The highest BCUT2D eigenvalue weighted by Gasteiger charge is 2.47. The summed E-state index contributed by atoms with van der Waals surface area (Å²) >= 11 is -2.46. The first-order valence-electron chi connectivity index (χ1n) is 8.75. The lowest BCUT2D eigenvalue weighted by molar-refractivity contribution is -0.149. The molecule has 30 heavy (non-hydrogen) atoms. The van der Waals surface area contributed by atoms with Crippen molar-refractivity contribution in [3.8, 4) is 0 Å². The summed E-state index contributed by atoms with van der Waals surface area (Å²) in [6.07, 6.45) is -4.03. The molecule has 0 radical (unpaired) electrons. The second-order valence-corrected chi connectivity index (χ2v) is 7.18. The Labute approximate surface area is 172 Å². The molecule has 2 aromatic rings. The quantitative estimate of drug-likeness (QED) is 0.235. The molecule has 6 unspecified atom stereocenters. The van der Waals surface area contributed by atoms with Gasteiger partial charge in [-0.1, -0.05) is 5.21 Å². The number of carbonyl (C=O) groups excluding carboxylic acids is 1. The molecule has 13 nitrogen and oxygen atoms in total. The van der Waals surface area contributed by atoms with Crippen molar-refractivity contribution in [2.24, 2.45) is 0 Å². The number of nitrogens with zero attached hydrogens (tertiary/aromatic N) is 3. The topological polar surface area (TPSA) is 202 Å². The SMILES string of the molecule is O=C(NCc1cn(C2C(O)C(O)OC2C(O)CO)nn1)c1ccc(NS(=O)[O-])cc1. The van der Waals surface area contributed by atoms with Gasteiger partial charge in [0.2, 0.25) is 0 Å². The van der Waals surface area contributed by atoms with E-state index in [0.29, 0.717) is 16.9 Å². The number of hydrogen-bond donors (Lipinski definition) is 6. The van der Waals surface area contributed by atoms with Crippen LogP contribution in [0.15, 0.2) is 30.5 Å². The smallest absolute Gasteiger partial charge is 0.251 e. The maximum atomic E-state index is 12.2. The van der Waals surface area contributed by atoms with Gasteiger partial charge in [-0.25, -0.2) is 4.68 Å². The first-order valence-corrected chi connectivity index (χ1v) is 9.83. The van der Waals surface area contributed by atoms with Crippen LogP contribution in [0.4, 0.5) is 5.69 Å². The molecule has 3 rings (SSSR count). The van der Waals surface area contributed by atoms with E-state index in [0.717, 1.165) is 0 Å². The number of aliphatic hydroxyl groups excluding tert-OH is 4. The van der Waals surface area contributed by atoms with Gasteiger partial charge in [0.1, 0.15) is 30.0 Å². The average molecular weight is 442 g/mol. The van der Waals surface area contributed by atoms with Crippen LogP contribution in [0.3, 0.4) is 0 Å². The number of hydrogen-bond acceptors (Lipinski definition) is 10. The van der Waals surface area contributed by atoms with Gasteiger partial charge < -0.3 is 39.8 Å². The van der Waals surface area contributed by atoms with Crippen molar-refractivity contribution >= 4 is 22.9 Å². The van der Waals surface area contributed by atoms with E-state index in [2.05, 4.69) is 20.4 Å². The van der Waals surface area contributed by atoms with Crippen LogP contribution in [0.1, 0.15) is 22.1 Å². The van der Waals surface area contributed by atoms with Crippen LogP contribution in [0.5, 0.6) is 0 Å². The number of benzene rings is 1.